The van der Waals surface area contributed by atoms with Crippen LogP contribution in [0.25, 0.3) is 6.08 Å². The van der Waals surface area contributed by atoms with Crippen molar-refractivity contribution in [1.29, 1.82) is 0 Å². The summed E-state index contributed by atoms with van der Waals surface area (Å²) in [7, 11) is 0. The molecule has 0 unspecified atom stereocenters. The highest BCUT2D eigenvalue weighted by molar-refractivity contribution is 6.32. The van der Waals surface area contributed by atoms with Crippen molar-refractivity contribution in [3.8, 4) is 0 Å². The van der Waals surface area contributed by atoms with Crippen molar-refractivity contribution in [1.82, 2.24) is 4.90 Å². The maximum absolute atomic E-state index is 12.7. The van der Waals surface area contributed by atoms with Crippen LogP contribution in [0.2, 0.25) is 10.0 Å². The van der Waals surface area contributed by atoms with E-state index in [-0.39, 0.29) is 5.02 Å². The van der Waals surface area contributed by atoms with Crippen LogP contribution in [0.3, 0.4) is 0 Å². The molecule has 3 rings (SSSR count). The van der Waals surface area contributed by atoms with Gasteiger partial charge in [0.25, 0.3) is 0 Å². The summed E-state index contributed by atoms with van der Waals surface area (Å²) in [4.78, 5) is 14.7. The van der Waals surface area contributed by atoms with Crippen LogP contribution in [-0.2, 0) is 17.4 Å². The molecule has 0 saturated carbocycles. The van der Waals surface area contributed by atoms with Gasteiger partial charge in [-0.1, -0.05) is 42.3 Å². The molecule has 1 amide bonds. The summed E-state index contributed by atoms with van der Waals surface area (Å²) in [6.07, 6.45) is 1.41. The van der Waals surface area contributed by atoms with Crippen LogP contribution in [0.5, 0.6) is 0 Å². The second-order valence-corrected chi connectivity index (χ2v) is 8.95. The SMILES string of the molecule is CC1CCN(CCc2ccc(NC(=O)/C=C/c3ccc(C(F)(F)F)cc3Cl)cc2Cl)CC1. The molecule has 0 bridgehead atoms. The van der Waals surface area contributed by atoms with Crippen molar-refractivity contribution < 1.29 is 18.0 Å². The second kappa shape index (κ2) is 10.7. The zero-order valence-corrected chi connectivity index (χ0v) is 19.2. The van der Waals surface area contributed by atoms with E-state index in [0.29, 0.717) is 16.3 Å². The molecule has 2 aromatic carbocycles. The van der Waals surface area contributed by atoms with Crippen molar-refractivity contribution in [2.75, 3.05) is 25.0 Å². The van der Waals surface area contributed by atoms with Crippen LogP contribution in [0.15, 0.2) is 42.5 Å². The first-order valence-corrected chi connectivity index (χ1v) is 11.2. The molecule has 8 heteroatoms. The van der Waals surface area contributed by atoms with Gasteiger partial charge in [-0.15, -0.1) is 0 Å². The van der Waals surface area contributed by atoms with Crippen molar-refractivity contribution in [2.24, 2.45) is 5.92 Å². The molecule has 1 fully saturated rings. The third-order valence-electron chi connectivity index (χ3n) is 5.64. The summed E-state index contributed by atoms with van der Waals surface area (Å²) in [5.41, 5.74) is 1.04. The van der Waals surface area contributed by atoms with Crippen LogP contribution >= 0.6 is 23.2 Å². The molecule has 0 atom stereocenters. The minimum absolute atomic E-state index is 0.0839. The number of nitrogens with zero attached hydrogens (tertiary/aromatic N) is 1. The van der Waals surface area contributed by atoms with Crippen molar-refractivity contribution >= 4 is 40.9 Å². The molecule has 2 aromatic rings. The number of halogens is 5. The third-order valence-corrected chi connectivity index (χ3v) is 6.32. The monoisotopic (exact) mass is 484 g/mol. The Balaban J connectivity index is 1.55. The van der Waals surface area contributed by atoms with Gasteiger partial charge in [-0.3, -0.25) is 4.79 Å². The van der Waals surface area contributed by atoms with Crippen LogP contribution in [0.4, 0.5) is 18.9 Å². The van der Waals surface area contributed by atoms with E-state index in [1.807, 2.05) is 6.07 Å². The Labute approximate surface area is 196 Å². The fraction of sp³-hybridized carbons (Fsp3) is 0.375. The first kappa shape index (κ1) is 24.6. The van der Waals surface area contributed by atoms with Crippen LogP contribution in [0, 0.1) is 5.92 Å². The Morgan fingerprint density at radius 2 is 1.84 bits per heavy atom. The van der Waals surface area contributed by atoms with E-state index in [1.165, 1.54) is 31.1 Å². The van der Waals surface area contributed by atoms with E-state index in [1.54, 1.807) is 12.1 Å². The molecule has 172 valence electrons. The highest BCUT2D eigenvalue weighted by Gasteiger charge is 2.30. The summed E-state index contributed by atoms with van der Waals surface area (Å²) in [5, 5.41) is 3.20. The van der Waals surface area contributed by atoms with Gasteiger partial charge in [0.1, 0.15) is 0 Å². The molecule has 0 spiro atoms. The first-order chi connectivity index (χ1) is 15.1. The number of alkyl halides is 3. The highest BCUT2D eigenvalue weighted by Crippen LogP contribution is 2.32. The number of benzene rings is 2. The molecule has 1 saturated heterocycles. The normalized spacial score (nSPS) is 15.9. The molecular weight excluding hydrogens is 460 g/mol. The lowest BCUT2D eigenvalue weighted by atomic mass is 9.99. The van der Waals surface area contributed by atoms with Gasteiger partial charge >= 0.3 is 6.18 Å². The van der Waals surface area contributed by atoms with Gasteiger partial charge in [0.05, 0.1) is 5.56 Å². The average Bonchev–Trinajstić information content (AvgIpc) is 2.73. The van der Waals surface area contributed by atoms with E-state index in [2.05, 4.69) is 17.1 Å². The van der Waals surface area contributed by atoms with E-state index < -0.39 is 17.6 Å². The molecule has 32 heavy (non-hydrogen) atoms. The Bertz CT molecular complexity index is 984. The minimum atomic E-state index is -4.47. The molecule has 1 N–H and O–H groups in total. The van der Waals surface area contributed by atoms with Crippen molar-refractivity contribution in [2.45, 2.75) is 32.4 Å². The fourth-order valence-electron chi connectivity index (χ4n) is 3.58. The lowest BCUT2D eigenvalue weighted by Gasteiger charge is -2.30. The number of amides is 1. The van der Waals surface area contributed by atoms with Gasteiger partial charge in [0.15, 0.2) is 0 Å². The van der Waals surface area contributed by atoms with E-state index >= 15 is 0 Å². The maximum atomic E-state index is 12.7. The molecule has 1 heterocycles. The van der Waals surface area contributed by atoms with Crippen molar-refractivity contribution in [3.63, 3.8) is 0 Å². The standard InChI is InChI=1S/C24H25Cl2F3N2O/c1-16-8-11-31(12-9-16)13-10-18-3-6-20(15-22(18)26)30-23(32)7-4-17-2-5-19(14-21(17)25)24(27,28)29/h2-7,14-16H,8-13H2,1H3,(H,30,32)/b7-4+. The Kier molecular flexibility index (Phi) is 8.26. The molecule has 0 aromatic heterocycles. The minimum Gasteiger partial charge on any atom is -0.322 e. The van der Waals surface area contributed by atoms with Crippen LogP contribution in [0.1, 0.15) is 36.5 Å². The van der Waals surface area contributed by atoms with E-state index in [0.717, 1.165) is 49.7 Å². The zero-order valence-electron chi connectivity index (χ0n) is 17.7. The quantitative estimate of drug-likeness (QED) is 0.450. The number of likely N-dealkylation sites (tertiary alicyclic amines) is 1. The smallest absolute Gasteiger partial charge is 0.322 e. The Hall–Kier alpha value is -2.02. The van der Waals surface area contributed by atoms with Gasteiger partial charge in [0, 0.05) is 28.4 Å². The second-order valence-electron chi connectivity index (χ2n) is 8.14. The number of nitrogens with one attached hydrogen (secondary N) is 1. The highest BCUT2D eigenvalue weighted by atomic mass is 35.5. The van der Waals surface area contributed by atoms with Crippen LogP contribution < -0.4 is 5.32 Å². The Morgan fingerprint density at radius 1 is 1.12 bits per heavy atom. The zero-order chi connectivity index (χ0) is 23.3. The van der Waals surface area contributed by atoms with Gasteiger partial charge < -0.3 is 10.2 Å². The summed E-state index contributed by atoms with van der Waals surface area (Å²) < 4.78 is 38.2. The molecule has 0 aliphatic carbocycles. The van der Waals surface area contributed by atoms with Gasteiger partial charge in [-0.05, 0) is 79.7 Å². The number of piperidine rings is 1. The number of anilines is 1. The predicted octanol–water partition coefficient (Wildman–Crippen LogP) is 6.94. The van der Waals surface area contributed by atoms with Crippen LogP contribution in [-0.4, -0.2) is 30.4 Å². The van der Waals surface area contributed by atoms with Gasteiger partial charge in [-0.25, -0.2) is 0 Å². The van der Waals surface area contributed by atoms with E-state index in [4.69, 9.17) is 23.2 Å². The molecule has 1 aliphatic heterocycles. The average molecular weight is 485 g/mol. The number of rotatable bonds is 6. The number of hydrogen-bond acceptors (Lipinski definition) is 2. The molecule has 1 aliphatic rings. The van der Waals surface area contributed by atoms with Gasteiger partial charge in [-0.2, -0.15) is 13.2 Å². The number of carbonyl (C=O) groups is 1. The first-order valence-electron chi connectivity index (χ1n) is 10.5. The topological polar surface area (TPSA) is 32.3 Å². The summed E-state index contributed by atoms with van der Waals surface area (Å²) in [6.45, 7) is 5.47. The molecular formula is C24H25Cl2F3N2O. The Morgan fingerprint density at radius 3 is 2.47 bits per heavy atom. The number of carbonyl (C=O) groups excluding carboxylic acids is 1. The largest absolute Gasteiger partial charge is 0.416 e. The van der Waals surface area contributed by atoms with Crippen molar-refractivity contribution in [3.05, 3.63) is 69.2 Å². The molecule has 3 nitrogen and oxygen atoms in total. The summed E-state index contributed by atoms with van der Waals surface area (Å²) >= 11 is 12.3. The maximum Gasteiger partial charge on any atom is 0.416 e. The summed E-state index contributed by atoms with van der Waals surface area (Å²) in [6, 6.07) is 8.38. The van der Waals surface area contributed by atoms with Gasteiger partial charge in [0.2, 0.25) is 5.91 Å². The lowest BCUT2D eigenvalue weighted by molar-refractivity contribution is -0.137. The lowest BCUT2D eigenvalue weighted by Crippen LogP contribution is -2.34. The third kappa shape index (κ3) is 6.99. The number of hydrogen-bond donors (Lipinski definition) is 1. The van der Waals surface area contributed by atoms with E-state index in [9.17, 15) is 18.0 Å². The predicted molar refractivity (Wildman–Crippen MR) is 124 cm³/mol. The summed E-state index contributed by atoms with van der Waals surface area (Å²) in [5.74, 6) is 0.356. The fourth-order valence-corrected chi connectivity index (χ4v) is 4.10. The molecule has 0 radical (unpaired) electrons.